The van der Waals surface area contributed by atoms with Crippen molar-refractivity contribution in [3.63, 3.8) is 0 Å². The molecule has 2 amide bonds. The van der Waals surface area contributed by atoms with E-state index in [4.69, 9.17) is 0 Å². The van der Waals surface area contributed by atoms with Crippen molar-refractivity contribution in [2.24, 2.45) is 5.92 Å². The number of carbonyl (C=O) groups excluding carboxylic acids is 2. The van der Waals surface area contributed by atoms with Gasteiger partial charge in [0.25, 0.3) is 15.7 Å². The molecule has 0 radical (unpaired) electrons. The van der Waals surface area contributed by atoms with E-state index >= 15 is 0 Å². The highest BCUT2D eigenvalue weighted by atomic mass is 32.2. The highest BCUT2D eigenvalue weighted by Crippen LogP contribution is 2.21. The van der Waals surface area contributed by atoms with E-state index in [1.165, 1.54) is 23.1 Å². The number of non-ortho nitro benzene ring substituents is 1. The molecule has 9 nitrogen and oxygen atoms in total. The zero-order valence-corrected chi connectivity index (χ0v) is 21.0. The molecule has 1 atom stereocenters. The molecule has 0 aromatic heterocycles. The Hall–Kier alpha value is -4.31. The molecule has 0 aliphatic carbocycles. The van der Waals surface area contributed by atoms with E-state index in [9.17, 15) is 28.1 Å². The van der Waals surface area contributed by atoms with Crippen molar-refractivity contribution in [3.05, 3.63) is 112 Å². The number of sulfonamides is 1. The molecule has 3 rings (SSSR count). The third-order valence-corrected chi connectivity index (χ3v) is 6.60. The maximum atomic E-state index is 13.5. The molecule has 0 fully saturated rings. The number of anilines is 1. The van der Waals surface area contributed by atoms with E-state index in [0.29, 0.717) is 16.8 Å². The summed E-state index contributed by atoms with van der Waals surface area (Å²) in [6.07, 6.45) is 1.59. The van der Waals surface area contributed by atoms with Gasteiger partial charge in [0.1, 0.15) is 5.92 Å². The van der Waals surface area contributed by atoms with E-state index in [2.05, 4.69) is 0 Å². The second-order valence-corrected chi connectivity index (χ2v) is 9.72. The molecule has 192 valence electrons. The molecule has 0 heterocycles. The van der Waals surface area contributed by atoms with Gasteiger partial charge in [0.05, 0.1) is 10.3 Å². The van der Waals surface area contributed by atoms with Crippen molar-refractivity contribution in [2.75, 3.05) is 11.4 Å². The fraction of sp³-hybridized carbons (Fsp3) is 0.185. The van der Waals surface area contributed by atoms with Crippen LogP contribution in [0.4, 0.5) is 11.4 Å². The highest BCUT2D eigenvalue weighted by molar-refractivity contribution is 7.93. The Balaban J connectivity index is 1.83. The molecule has 0 bridgehead atoms. The number of hydrogen-bond acceptors (Lipinski definition) is 6. The Morgan fingerprint density at radius 3 is 2.14 bits per heavy atom. The van der Waals surface area contributed by atoms with Gasteiger partial charge in [0, 0.05) is 24.4 Å². The Kier molecular flexibility index (Phi) is 9.28. The molecule has 1 N–H and O–H groups in total. The molecule has 37 heavy (non-hydrogen) atoms. The van der Waals surface area contributed by atoms with Crippen LogP contribution in [-0.2, 0) is 26.0 Å². The molecule has 10 heteroatoms. The van der Waals surface area contributed by atoms with E-state index in [1.54, 1.807) is 79.7 Å². The number of benzene rings is 3. The number of nitrogens with one attached hydrogen (secondary N) is 1. The summed E-state index contributed by atoms with van der Waals surface area (Å²) in [5.74, 6) is -2.80. The topological polar surface area (TPSA) is 127 Å². The predicted octanol–water partition coefficient (Wildman–Crippen LogP) is 4.31. The smallest absolute Gasteiger partial charge is 0.269 e. The van der Waals surface area contributed by atoms with E-state index in [0.717, 1.165) is 5.41 Å². The summed E-state index contributed by atoms with van der Waals surface area (Å²) < 4.78 is 27.2. The van der Waals surface area contributed by atoms with Crippen molar-refractivity contribution in [2.45, 2.75) is 19.8 Å². The maximum Gasteiger partial charge on any atom is 0.269 e. The van der Waals surface area contributed by atoms with E-state index < -0.39 is 32.7 Å². The van der Waals surface area contributed by atoms with Gasteiger partial charge in [-0.05, 0) is 49.1 Å². The van der Waals surface area contributed by atoms with Gasteiger partial charge in [-0.25, -0.2) is 13.1 Å². The van der Waals surface area contributed by atoms with E-state index in [1.807, 2.05) is 4.72 Å². The lowest BCUT2D eigenvalue weighted by atomic mass is 9.97. The first-order valence-corrected chi connectivity index (χ1v) is 13.1. The first-order chi connectivity index (χ1) is 17.7. The molecule has 0 aliphatic rings. The summed E-state index contributed by atoms with van der Waals surface area (Å²) in [6, 6.07) is 23.3. The minimum atomic E-state index is -4.18. The molecule has 3 aromatic carbocycles. The summed E-state index contributed by atoms with van der Waals surface area (Å²) in [4.78, 5) is 38.5. The summed E-state index contributed by atoms with van der Waals surface area (Å²) >= 11 is 0. The molecule has 3 aromatic rings. The Bertz CT molecular complexity index is 1360. The second kappa shape index (κ2) is 12.6. The minimum absolute atomic E-state index is 0.00370. The number of nitro groups is 1. The highest BCUT2D eigenvalue weighted by Gasteiger charge is 2.32. The van der Waals surface area contributed by atoms with Crippen molar-refractivity contribution in [1.29, 1.82) is 0 Å². The molecule has 0 aliphatic heterocycles. The van der Waals surface area contributed by atoms with Gasteiger partial charge in [-0.1, -0.05) is 60.7 Å². The quantitative estimate of drug-likeness (QED) is 0.228. The van der Waals surface area contributed by atoms with Crippen LogP contribution in [0.25, 0.3) is 6.08 Å². The van der Waals surface area contributed by atoms with Gasteiger partial charge in [0.2, 0.25) is 11.8 Å². The van der Waals surface area contributed by atoms with Gasteiger partial charge < -0.3 is 4.90 Å². The number of nitro benzene ring substituents is 1. The van der Waals surface area contributed by atoms with Gasteiger partial charge in [-0.3, -0.25) is 19.7 Å². The zero-order valence-electron chi connectivity index (χ0n) is 20.2. The average Bonchev–Trinajstić information content (AvgIpc) is 2.89. The average molecular weight is 522 g/mol. The number of para-hydroxylation sites is 1. The van der Waals surface area contributed by atoms with Crippen LogP contribution >= 0.6 is 0 Å². The second-order valence-electron chi connectivity index (χ2n) is 8.16. The van der Waals surface area contributed by atoms with Crippen molar-refractivity contribution >= 4 is 39.3 Å². The largest absolute Gasteiger partial charge is 0.312 e. The summed E-state index contributed by atoms with van der Waals surface area (Å²) in [5.41, 5.74) is 1.81. The van der Waals surface area contributed by atoms with Gasteiger partial charge in [0.15, 0.2) is 0 Å². The Morgan fingerprint density at radius 1 is 0.973 bits per heavy atom. The molecular weight excluding hydrogens is 494 g/mol. The number of amides is 2. The molecular formula is C27H27N3O6S. The molecule has 0 saturated heterocycles. The molecule has 0 spiro atoms. The third kappa shape index (κ3) is 7.84. The summed E-state index contributed by atoms with van der Waals surface area (Å²) in [5, 5.41) is 11.8. The fourth-order valence-electron chi connectivity index (χ4n) is 3.70. The van der Waals surface area contributed by atoms with Crippen LogP contribution in [0.5, 0.6) is 0 Å². The van der Waals surface area contributed by atoms with Crippen LogP contribution in [0.15, 0.2) is 90.3 Å². The van der Waals surface area contributed by atoms with Gasteiger partial charge >= 0.3 is 0 Å². The Morgan fingerprint density at radius 2 is 1.57 bits per heavy atom. The SMILES string of the molecule is CCN(C(=O)C(CCc1ccc([N+](=O)[O-])cc1)C(=O)NS(=O)(=O)C=Cc1ccccc1)c1ccccc1. The molecule has 0 saturated carbocycles. The van der Waals surface area contributed by atoms with Crippen LogP contribution in [0.2, 0.25) is 0 Å². The third-order valence-electron chi connectivity index (χ3n) is 5.62. The number of hydrogen-bond donors (Lipinski definition) is 1. The monoisotopic (exact) mass is 521 g/mol. The fourth-order valence-corrected chi connectivity index (χ4v) is 4.53. The summed E-state index contributed by atoms with van der Waals surface area (Å²) in [6.45, 7) is 2.03. The normalized spacial score (nSPS) is 12.1. The number of rotatable bonds is 11. The molecule has 1 unspecified atom stereocenters. The first kappa shape index (κ1) is 27.3. The van der Waals surface area contributed by atoms with Gasteiger partial charge in [-0.2, -0.15) is 0 Å². The summed E-state index contributed by atoms with van der Waals surface area (Å²) in [7, 11) is -4.18. The predicted molar refractivity (Wildman–Crippen MR) is 142 cm³/mol. The van der Waals surface area contributed by atoms with E-state index in [-0.39, 0.29) is 25.1 Å². The van der Waals surface area contributed by atoms with Crippen LogP contribution in [0, 0.1) is 16.0 Å². The zero-order chi connectivity index (χ0) is 26.8. The lowest BCUT2D eigenvalue weighted by Crippen LogP contribution is -2.45. The minimum Gasteiger partial charge on any atom is -0.312 e. The number of carbonyl (C=O) groups is 2. The van der Waals surface area contributed by atoms with Crippen molar-refractivity contribution in [1.82, 2.24) is 4.72 Å². The van der Waals surface area contributed by atoms with Crippen LogP contribution in [0.3, 0.4) is 0 Å². The lowest BCUT2D eigenvalue weighted by molar-refractivity contribution is -0.384. The lowest BCUT2D eigenvalue weighted by Gasteiger charge is -2.26. The van der Waals surface area contributed by atoms with Crippen molar-refractivity contribution in [3.8, 4) is 0 Å². The number of aryl methyl sites for hydroxylation is 1. The Labute approximate surface area is 215 Å². The van der Waals surface area contributed by atoms with Crippen LogP contribution in [-0.4, -0.2) is 31.7 Å². The van der Waals surface area contributed by atoms with Gasteiger partial charge in [-0.15, -0.1) is 0 Å². The maximum absolute atomic E-state index is 13.5. The van der Waals surface area contributed by atoms with Crippen molar-refractivity contribution < 1.29 is 22.9 Å². The van der Waals surface area contributed by atoms with Crippen LogP contribution in [0.1, 0.15) is 24.5 Å². The standard InChI is InChI=1S/C27H27N3O6S/c1-2-29(23-11-7-4-8-12-23)27(32)25(18-15-22-13-16-24(17-14-22)30(33)34)26(31)28-37(35,36)20-19-21-9-5-3-6-10-21/h3-14,16-17,19-20,25H,2,15,18H2,1H3,(H,28,31). The number of nitrogens with zero attached hydrogens (tertiary/aromatic N) is 2. The van der Waals surface area contributed by atoms with Crippen LogP contribution < -0.4 is 9.62 Å². The first-order valence-electron chi connectivity index (χ1n) is 11.6.